The average Bonchev–Trinajstić information content (AvgIpc) is 3.43. The van der Waals surface area contributed by atoms with Gasteiger partial charge in [0.15, 0.2) is 0 Å². The number of benzene rings is 2. The largest absolute Gasteiger partial charge is 0.333 e. The molecule has 0 saturated carbocycles. The summed E-state index contributed by atoms with van der Waals surface area (Å²) in [6.07, 6.45) is 1.39. The van der Waals surface area contributed by atoms with Crippen LogP contribution >= 0.6 is 11.3 Å². The van der Waals surface area contributed by atoms with E-state index in [4.69, 9.17) is 4.52 Å². The molecule has 33 heavy (non-hydrogen) atoms. The summed E-state index contributed by atoms with van der Waals surface area (Å²) >= 11 is 1.31. The number of thiophene rings is 1. The second kappa shape index (κ2) is 8.44. The van der Waals surface area contributed by atoms with E-state index >= 15 is 0 Å². The van der Waals surface area contributed by atoms with Gasteiger partial charge in [-0.2, -0.15) is 4.98 Å². The lowest BCUT2D eigenvalue weighted by molar-refractivity contribution is -0.116. The molecule has 0 aliphatic carbocycles. The molecule has 0 radical (unpaired) electrons. The molecule has 1 amide bonds. The monoisotopic (exact) mass is 457 g/mol. The predicted octanol–water partition coefficient (Wildman–Crippen LogP) is 4.43. The molecule has 0 unspecified atom stereocenters. The fourth-order valence-corrected chi connectivity index (χ4v) is 4.55. The molecule has 8 nitrogen and oxygen atoms in total. The van der Waals surface area contributed by atoms with Crippen molar-refractivity contribution >= 4 is 33.1 Å². The third-order valence-electron chi connectivity index (χ3n) is 5.22. The molecule has 1 N–H and O–H groups in total. The average molecular weight is 458 g/mol. The molecule has 0 atom stereocenters. The highest BCUT2D eigenvalue weighted by atomic mass is 32.1. The summed E-state index contributed by atoms with van der Waals surface area (Å²) in [5.41, 5.74) is 3.02. The molecule has 9 heteroatoms. The molecule has 3 heterocycles. The maximum atomic E-state index is 13.1. The number of fused-ring (bicyclic) bond motifs is 1. The quantitative estimate of drug-likeness (QED) is 0.419. The second-order valence-electron chi connectivity index (χ2n) is 7.62. The van der Waals surface area contributed by atoms with E-state index in [0.717, 1.165) is 11.1 Å². The van der Waals surface area contributed by atoms with Crippen molar-refractivity contribution in [3.63, 3.8) is 0 Å². The fraction of sp³-hybridized carbons (Fsp3) is 0.125. The summed E-state index contributed by atoms with van der Waals surface area (Å²) in [5, 5.41) is 7.31. The van der Waals surface area contributed by atoms with Crippen molar-refractivity contribution in [1.29, 1.82) is 0 Å². The lowest BCUT2D eigenvalue weighted by Gasteiger charge is -2.07. The summed E-state index contributed by atoms with van der Waals surface area (Å²) in [5.74, 6) is 0.498. The SMILES string of the molecule is Cc1ccc(NC(=O)Cn2cnc3sc(-c4nc(-c5ccccc5)no4)c(C)c3c2=O)cc1. The fourth-order valence-electron chi connectivity index (χ4n) is 3.49. The van der Waals surface area contributed by atoms with Gasteiger partial charge in [-0.05, 0) is 31.5 Å². The van der Waals surface area contributed by atoms with Gasteiger partial charge in [-0.3, -0.25) is 14.2 Å². The number of aryl methyl sites for hydroxylation is 2. The van der Waals surface area contributed by atoms with Crippen molar-refractivity contribution in [1.82, 2.24) is 19.7 Å². The Labute approximate surface area is 192 Å². The molecule has 0 aliphatic heterocycles. The van der Waals surface area contributed by atoms with Crippen molar-refractivity contribution < 1.29 is 9.32 Å². The zero-order valence-corrected chi connectivity index (χ0v) is 18.7. The zero-order valence-electron chi connectivity index (χ0n) is 17.9. The number of amides is 1. The number of anilines is 1. The van der Waals surface area contributed by atoms with E-state index in [0.29, 0.717) is 38.1 Å². The van der Waals surface area contributed by atoms with Crippen LogP contribution in [0.15, 0.2) is 70.2 Å². The first-order valence-corrected chi connectivity index (χ1v) is 11.1. The summed E-state index contributed by atoms with van der Waals surface area (Å²) < 4.78 is 6.78. The Balaban J connectivity index is 1.44. The highest BCUT2D eigenvalue weighted by Crippen LogP contribution is 2.35. The minimum Gasteiger partial charge on any atom is -0.333 e. The number of rotatable bonds is 5. The number of nitrogens with one attached hydrogen (secondary N) is 1. The van der Waals surface area contributed by atoms with Gasteiger partial charge >= 0.3 is 0 Å². The van der Waals surface area contributed by atoms with Gasteiger partial charge in [0.25, 0.3) is 11.4 Å². The minimum absolute atomic E-state index is 0.140. The van der Waals surface area contributed by atoms with E-state index in [2.05, 4.69) is 20.4 Å². The van der Waals surface area contributed by atoms with Gasteiger partial charge in [-0.1, -0.05) is 53.2 Å². The number of hydrogen-bond donors (Lipinski definition) is 1. The molecular formula is C24H19N5O3S. The Morgan fingerprint density at radius 3 is 2.61 bits per heavy atom. The molecular weight excluding hydrogens is 438 g/mol. The number of nitrogens with zero attached hydrogens (tertiary/aromatic N) is 4. The number of carbonyl (C=O) groups is 1. The Kier molecular flexibility index (Phi) is 5.31. The molecule has 0 aliphatic rings. The van der Waals surface area contributed by atoms with E-state index in [1.807, 2.05) is 68.4 Å². The van der Waals surface area contributed by atoms with Gasteiger partial charge in [0.05, 0.1) is 16.6 Å². The van der Waals surface area contributed by atoms with Crippen LogP contribution in [-0.2, 0) is 11.3 Å². The molecule has 164 valence electrons. The van der Waals surface area contributed by atoms with Crippen LogP contribution in [0, 0.1) is 13.8 Å². The van der Waals surface area contributed by atoms with Crippen LogP contribution in [0.5, 0.6) is 0 Å². The van der Waals surface area contributed by atoms with Gasteiger partial charge in [-0.25, -0.2) is 4.98 Å². The maximum Gasteiger partial charge on any atom is 0.268 e. The standard InChI is InChI=1S/C24H19N5O3S/c1-14-8-10-17(11-9-14)26-18(30)12-29-13-25-23-19(24(29)31)15(2)20(33-23)22-27-21(28-32-22)16-6-4-3-5-7-16/h3-11,13H,12H2,1-2H3,(H,26,30). The Hall–Kier alpha value is -4.11. The Bertz CT molecular complexity index is 1520. The van der Waals surface area contributed by atoms with Gasteiger partial charge in [0.1, 0.15) is 11.4 Å². The molecule has 2 aromatic carbocycles. The van der Waals surface area contributed by atoms with E-state index in [9.17, 15) is 9.59 Å². The highest BCUT2D eigenvalue weighted by Gasteiger charge is 2.21. The topological polar surface area (TPSA) is 103 Å². The van der Waals surface area contributed by atoms with Crippen molar-refractivity contribution in [2.45, 2.75) is 20.4 Å². The van der Waals surface area contributed by atoms with Crippen LogP contribution in [0.2, 0.25) is 0 Å². The molecule has 0 saturated heterocycles. The third kappa shape index (κ3) is 4.06. The first-order valence-electron chi connectivity index (χ1n) is 10.2. The molecule has 3 aromatic heterocycles. The normalized spacial score (nSPS) is 11.1. The second-order valence-corrected chi connectivity index (χ2v) is 8.62. The van der Waals surface area contributed by atoms with E-state index in [1.54, 1.807) is 0 Å². The summed E-state index contributed by atoms with van der Waals surface area (Å²) in [6, 6.07) is 17.0. The smallest absolute Gasteiger partial charge is 0.268 e. The maximum absolute atomic E-state index is 13.1. The highest BCUT2D eigenvalue weighted by molar-refractivity contribution is 7.22. The van der Waals surface area contributed by atoms with E-state index in [-0.39, 0.29) is 18.0 Å². The predicted molar refractivity (Wildman–Crippen MR) is 127 cm³/mol. The van der Waals surface area contributed by atoms with Crippen LogP contribution in [0.3, 0.4) is 0 Å². The van der Waals surface area contributed by atoms with Crippen molar-refractivity contribution in [3.8, 4) is 22.2 Å². The molecule has 0 bridgehead atoms. The molecule has 5 aromatic rings. The van der Waals surface area contributed by atoms with Crippen molar-refractivity contribution in [2.75, 3.05) is 5.32 Å². The number of carbonyl (C=O) groups excluding carboxylic acids is 1. The summed E-state index contributed by atoms with van der Waals surface area (Å²) in [6.45, 7) is 3.65. The van der Waals surface area contributed by atoms with Gasteiger partial charge in [-0.15, -0.1) is 11.3 Å². The molecule has 0 spiro atoms. The van der Waals surface area contributed by atoms with Gasteiger partial charge in [0, 0.05) is 11.3 Å². The lowest BCUT2D eigenvalue weighted by atomic mass is 10.2. The van der Waals surface area contributed by atoms with Crippen molar-refractivity contribution in [2.24, 2.45) is 0 Å². The Morgan fingerprint density at radius 2 is 1.85 bits per heavy atom. The minimum atomic E-state index is -0.306. The van der Waals surface area contributed by atoms with E-state index in [1.165, 1.54) is 22.2 Å². The van der Waals surface area contributed by atoms with Crippen LogP contribution in [-0.4, -0.2) is 25.6 Å². The van der Waals surface area contributed by atoms with Crippen LogP contribution in [0.4, 0.5) is 5.69 Å². The first kappa shape index (κ1) is 20.8. The number of aromatic nitrogens is 4. The van der Waals surface area contributed by atoms with Crippen molar-refractivity contribution in [3.05, 3.63) is 82.4 Å². The van der Waals surface area contributed by atoms with Crippen LogP contribution in [0.25, 0.3) is 32.4 Å². The van der Waals surface area contributed by atoms with Gasteiger partial charge in [0.2, 0.25) is 11.7 Å². The molecule has 5 rings (SSSR count). The van der Waals surface area contributed by atoms with E-state index < -0.39 is 0 Å². The lowest BCUT2D eigenvalue weighted by Crippen LogP contribution is -2.27. The molecule has 0 fully saturated rings. The summed E-state index contributed by atoms with van der Waals surface area (Å²) in [4.78, 5) is 35.7. The Morgan fingerprint density at radius 1 is 1.09 bits per heavy atom. The van der Waals surface area contributed by atoms with Gasteiger partial charge < -0.3 is 9.84 Å². The van der Waals surface area contributed by atoms with Crippen LogP contribution < -0.4 is 10.9 Å². The summed E-state index contributed by atoms with van der Waals surface area (Å²) in [7, 11) is 0. The van der Waals surface area contributed by atoms with Crippen LogP contribution in [0.1, 0.15) is 11.1 Å². The first-order chi connectivity index (χ1) is 16.0. The number of hydrogen-bond acceptors (Lipinski definition) is 7. The third-order valence-corrected chi connectivity index (χ3v) is 6.41. The zero-order chi connectivity index (χ0) is 22.9.